The molecule has 4 aromatic rings. The van der Waals surface area contributed by atoms with Crippen molar-refractivity contribution in [1.82, 2.24) is 14.7 Å². The molecule has 0 atom stereocenters. The molecule has 7 nitrogen and oxygen atoms in total. The molecule has 0 radical (unpaired) electrons. The number of hydrogen-bond acceptors (Lipinski definition) is 3. The number of carbonyl (C=O) groups is 2. The van der Waals surface area contributed by atoms with Gasteiger partial charge in [-0.15, -0.1) is 0 Å². The lowest BCUT2D eigenvalue weighted by Crippen LogP contribution is -2.40. The van der Waals surface area contributed by atoms with E-state index >= 15 is 0 Å². The molecule has 8 heteroatoms. The summed E-state index contributed by atoms with van der Waals surface area (Å²) in [5.41, 5.74) is 5.14. The van der Waals surface area contributed by atoms with Gasteiger partial charge in [0.15, 0.2) is 0 Å². The van der Waals surface area contributed by atoms with E-state index in [4.69, 9.17) is 5.10 Å². The lowest BCUT2D eigenvalue weighted by Gasteiger charge is -2.21. The second kappa shape index (κ2) is 11.2. The summed E-state index contributed by atoms with van der Waals surface area (Å²) in [5.74, 6) is 0.261. The van der Waals surface area contributed by atoms with Crippen LogP contribution in [0.3, 0.4) is 0 Å². The van der Waals surface area contributed by atoms with Crippen molar-refractivity contribution in [3.8, 4) is 16.8 Å². The van der Waals surface area contributed by atoms with Gasteiger partial charge in [0.05, 0.1) is 11.4 Å². The molecule has 0 saturated carbocycles. The SMILES string of the molecule is CCN(CC(=O)Nc1c(-c2ccccc2)c(C)nn1-c1ccccc1C)C(=O)Nc1ccc(Br)cc1. The summed E-state index contributed by atoms with van der Waals surface area (Å²) in [4.78, 5) is 27.6. The van der Waals surface area contributed by atoms with Crippen LogP contribution in [-0.4, -0.2) is 39.7 Å². The molecular weight excluding hydrogens is 518 g/mol. The molecule has 36 heavy (non-hydrogen) atoms. The smallest absolute Gasteiger partial charge is 0.315 e. The van der Waals surface area contributed by atoms with Crippen molar-refractivity contribution < 1.29 is 9.59 Å². The third-order valence-corrected chi connectivity index (χ3v) is 6.35. The fourth-order valence-electron chi connectivity index (χ4n) is 3.98. The highest BCUT2D eigenvalue weighted by molar-refractivity contribution is 9.10. The molecule has 0 saturated heterocycles. The molecule has 1 heterocycles. The molecule has 1 aromatic heterocycles. The minimum atomic E-state index is -0.346. The fourth-order valence-corrected chi connectivity index (χ4v) is 4.24. The fraction of sp³-hybridized carbons (Fsp3) is 0.179. The van der Waals surface area contributed by atoms with Crippen LogP contribution < -0.4 is 10.6 Å². The Morgan fingerprint density at radius 3 is 2.25 bits per heavy atom. The third-order valence-electron chi connectivity index (χ3n) is 5.82. The maximum absolute atomic E-state index is 13.3. The molecule has 0 spiro atoms. The lowest BCUT2D eigenvalue weighted by atomic mass is 10.1. The van der Waals surface area contributed by atoms with Gasteiger partial charge in [0, 0.05) is 22.3 Å². The van der Waals surface area contributed by atoms with Crippen LogP contribution in [0.5, 0.6) is 0 Å². The summed E-state index contributed by atoms with van der Waals surface area (Å²) >= 11 is 3.39. The summed E-state index contributed by atoms with van der Waals surface area (Å²) in [6, 6.07) is 24.7. The molecule has 2 N–H and O–H groups in total. The first-order valence-corrected chi connectivity index (χ1v) is 12.5. The number of halogens is 1. The predicted molar refractivity (Wildman–Crippen MR) is 148 cm³/mol. The number of urea groups is 1. The summed E-state index contributed by atoms with van der Waals surface area (Å²) < 4.78 is 2.69. The first-order valence-electron chi connectivity index (χ1n) is 11.7. The summed E-state index contributed by atoms with van der Waals surface area (Å²) in [5, 5.41) is 10.7. The van der Waals surface area contributed by atoms with Gasteiger partial charge >= 0.3 is 6.03 Å². The second-order valence-electron chi connectivity index (χ2n) is 8.37. The minimum absolute atomic E-state index is 0.106. The number of hydrogen-bond donors (Lipinski definition) is 2. The lowest BCUT2D eigenvalue weighted by molar-refractivity contribution is -0.116. The van der Waals surface area contributed by atoms with Gasteiger partial charge in [0.2, 0.25) is 5.91 Å². The molecule has 0 aliphatic carbocycles. The van der Waals surface area contributed by atoms with E-state index in [9.17, 15) is 9.59 Å². The zero-order chi connectivity index (χ0) is 25.7. The van der Waals surface area contributed by atoms with Crippen molar-refractivity contribution in [2.45, 2.75) is 20.8 Å². The highest BCUT2D eigenvalue weighted by Gasteiger charge is 2.23. The van der Waals surface area contributed by atoms with E-state index in [1.165, 1.54) is 4.90 Å². The van der Waals surface area contributed by atoms with Crippen LogP contribution in [-0.2, 0) is 4.79 Å². The monoisotopic (exact) mass is 545 g/mol. The van der Waals surface area contributed by atoms with Gasteiger partial charge < -0.3 is 15.5 Å². The number of aryl methyl sites for hydroxylation is 2. The normalized spacial score (nSPS) is 10.7. The van der Waals surface area contributed by atoms with Gasteiger partial charge in [-0.3, -0.25) is 4.79 Å². The van der Waals surface area contributed by atoms with E-state index in [1.807, 2.05) is 87.5 Å². The number of para-hydroxylation sites is 1. The second-order valence-corrected chi connectivity index (χ2v) is 9.29. The van der Waals surface area contributed by atoms with E-state index in [2.05, 4.69) is 26.6 Å². The average molecular weight is 546 g/mol. The standard InChI is InChI=1S/C28H28BrN5O2/c1-4-33(28(36)30-23-16-14-22(29)15-17-23)18-25(35)31-27-26(21-11-6-5-7-12-21)20(3)32-34(27)24-13-9-8-10-19(24)2/h5-17H,4,18H2,1-3H3,(H,30,36)(H,31,35). The Morgan fingerprint density at radius 2 is 1.58 bits per heavy atom. The van der Waals surface area contributed by atoms with Crippen LogP contribution >= 0.6 is 15.9 Å². The Labute approximate surface area is 219 Å². The highest BCUT2D eigenvalue weighted by atomic mass is 79.9. The van der Waals surface area contributed by atoms with Crippen molar-refractivity contribution in [3.05, 3.63) is 94.6 Å². The van der Waals surface area contributed by atoms with Crippen molar-refractivity contribution in [2.75, 3.05) is 23.7 Å². The Balaban J connectivity index is 1.62. The first kappa shape index (κ1) is 25.2. The Morgan fingerprint density at radius 1 is 0.917 bits per heavy atom. The molecule has 0 bridgehead atoms. The van der Waals surface area contributed by atoms with Crippen LogP contribution in [0.2, 0.25) is 0 Å². The van der Waals surface area contributed by atoms with Gasteiger partial charge in [0.25, 0.3) is 0 Å². The molecule has 0 fully saturated rings. The number of anilines is 2. The van der Waals surface area contributed by atoms with Crippen molar-refractivity contribution in [2.24, 2.45) is 0 Å². The number of amides is 3. The number of rotatable bonds is 7. The third kappa shape index (κ3) is 5.66. The molecule has 4 rings (SSSR count). The van der Waals surface area contributed by atoms with Gasteiger partial charge in [-0.2, -0.15) is 5.10 Å². The maximum Gasteiger partial charge on any atom is 0.322 e. The van der Waals surface area contributed by atoms with Crippen molar-refractivity contribution in [3.63, 3.8) is 0 Å². The van der Waals surface area contributed by atoms with Crippen LogP contribution in [0.4, 0.5) is 16.3 Å². The van der Waals surface area contributed by atoms with Crippen LogP contribution in [0.25, 0.3) is 16.8 Å². The maximum atomic E-state index is 13.3. The summed E-state index contributed by atoms with van der Waals surface area (Å²) in [6.07, 6.45) is 0. The quantitative estimate of drug-likeness (QED) is 0.281. The van der Waals surface area contributed by atoms with Crippen LogP contribution in [0, 0.1) is 13.8 Å². The van der Waals surface area contributed by atoms with Gasteiger partial charge in [-0.25, -0.2) is 9.48 Å². The van der Waals surface area contributed by atoms with E-state index in [0.29, 0.717) is 18.1 Å². The molecule has 3 aromatic carbocycles. The zero-order valence-electron chi connectivity index (χ0n) is 20.5. The van der Waals surface area contributed by atoms with Crippen molar-refractivity contribution >= 4 is 39.4 Å². The van der Waals surface area contributed by atoms with Gasteiger partial charge in [0.1, 0.15) is 12.4 Å². The number of likely N-dealkylation sites (N-methyl/N-ethyl adjacent to an activating group) is 1. The minimum Gasteiger partial charge on any atom is -0.315 e. The Kier molecular flexibility index (Phi) is 7.85. The molecule has 0 unspecified atom stereocenters. The molecular formula is C28H28BrN5O2. The van der Waals surface area contributed by atoms with E-state index in [1.54, 1.807) is 16.8 Å². The predicted octanol–water partition coefficient (Wildman–Crippen LogP) is 6.41. The summed E-state index contributed by atoms with van der Waals surface area (Å²) in [7, 11) is 0. The molecule has 0 aliphatic heterocycles. The first-order chi connectivity index (χ1) is 17.4. The van der Waals surface area contributed by atoms with E-state index in [0.717, 1.165) is 32.5 Å². The summed E-state index contributed by atoms with van der Waals surface area (Å²) in [6.45, 7) is 6.04. The zero-order valence-corrected chi connectivity index (χ0v) is 22.0. The number of benzene rings is 3. The van der Waals surface area contributed by atoms with Crippen LogP contribution in [0.15, 0.2) is 83.3 Å². The molecule has 0 aliphatic rings. The Bertz CT molecular complexity index is 1370. The largest absolute Gasteiger partial charge is 0.322 e. The highest BCUT2D eigenvalue weighted by Crippen LogP contribution is 2.34. The van der Waals surface area contributed by atoms with E-state index < -0.39 is 0 Å². The van der Waals surface area contributed by atoms with Crippen LogP contribution in [0.1, 0.15) is 18.2 Å². The average Bonchev–Trinajstić information content (AvgIpc) is 3.19. The number of nitrogens with zero attached hydrogens (tertiary/aromatic N) is 3. The molecule has 3 amide bonds. The van der Waals surface area contributed by atoms with Crippen molar-refractivity contribution in [1.29, 1.82) is 0 Å². The topological polar surface area (TPSA) is 79.3 Å². The Hall–Kier alpha value is -3.91. The number of carbonyl (C=O) groups excluding carboxylic acids is 2. The van der Waals surface area contributed by atoms with Gasteiger partial charge in [-0.05, 0) is 62.2 Å². The molecule has 184 valence electrons. The van der Waals surface area contributed by atoms with Gasteiger partial charge in [-0.1, -0.05) is 64.5 Å². The number of aromatic nitrogens is 2. The van der Waals surface area contributed by atoms with E-state index in [-0.39, 0.29) is 18.5 Å². The number of nitrogens with one attached hydrogen (secondary N) is 2.